The standard InChI is InChI=1S/C28H29N3O5S/c1-3-29-27(33)24(17-21-12-5-4-6-13-21)30(18-22-14-8-7-11-20(22)2)26(32)19-31-28(34)23-15-9-10-16-25(23)37(31,35)36/h4-16,24H,3,17-19H2,1-2H3,(H,29,33)/t24-/m1/s1. The summed E-state index contributed by atoms with van der Waals surface area (Å²) in [6.07, 6.45) is 0.227. The molecule has 1 atom stereocenters. The molecule has 0 unspecified atom stereocenters. The molecule has 192 valence electrons. The second kappa shape index (κ2) is 11.0. The Kier molecular flexibility index (Phi) is 7.73. The van der Waals surface area contributed by atoms with E-state index >= 15 is 0 Å². The van der Waals surface area contributed by atoms with Crippen molar-refractivity contribution in [1.29, 1.82) is 0 Å². The topological polar surface area (TPSA) is 104 Å². The summed E-state index contributed by atoms with van der Waals surface area (Å²) in [6, 6.07) is 21.8. The van der Waals surface area contributed by atoms with Crippen LogP contribution >= 0.6 is 0 Å². The molecule has 0 saturated carbocycles. The van der Waals surface area contributed by atoms with Crippen LogP contribution in [0.3, 0.4) is 0 Å². The Morgan fingerprint density at radius 2 is 1.59 bits per heavy atom. The highest BCUT2D eigenvalue weighted by Crippen LogP contribution is 2.30. The van der Waals surface area contributed by atoms with Crippen molar-refractivity contribution in [3.05, 3.63) is 101 Å². The third kappa shape index (κ3) is 5.41. The Labute approximate surface area is 217 Å². The van der Waals surface area contributed by atoms with E-state index in [1.165, 1.54) is 23.1 Å². The van der Waals surface area contributed by atoms with Crippen molar-refractivity contribution in [2.75, 3.05) is 13.1 Å². The Morgan fingerprint density at radius 1 is 0.946 bits per heavy atom. The van der Waals surface area contributed by atoms with Gasteiger partial charge in [-0.25, -0.2) is 12.7 Å². The lowest BCUT2D eigenvalue weighted by Crippen LogP contribution is -2.53. The minimum Gasteiger partial charge on any atom is -0.355 e. The molecule has 0 bridgehead atoms. The van der Waals surface area contributed by atoms with Crippen molar-refractivity contribution in [3.8, 4) is 0 Å². The van der Waals surface area contributed by atoms with Crippen molar-refractivity contribution in [1.82, 2.24) is 14.5 Å². The first-order valence-corrected chi connectivity index (χ1v) is 13.5. The number of carbonyl (C=O) groups is 3. The quantitative estimate of drug-likeness (QED) is 0.468. The van der Waals surface area contributed by atoms with Crippen LogP contribution in [0.5, 0.6) is 0 Å². The van der Waals surface area contributed by atoms with E-state index in [1.807, 2.05) is 61.5 Å². The summed E-state index contributed by atoms with van der Waals surface area (Å²) in [5.41, 5.74) is 2.62. The SMILES string of the molecule is CCNC(=O)[C@@H](Cc1ccccc1)N(Cc1ccccc1C)C(=O)CN1C(=O)c2ccccc2S1(=O)=O. The van der Waals surface area contributed by atoms with Gasteiger partial charge in [-0.2, -0.15) is 0 Å². The molecule has 1 heterocycles. The van der Waals surface area contributed by atoms with Crippen LogP contribution in [0.25, 0.3) is 0 Å². The zero-order valence-corrected chi connectivity index (χ0v) is 21.6. The zero-order chi connectivity index (χ0) is 26.6. The molecule has 3 amide bonds. The first kappa shape index (κ1) is 26.1. The Bertz CT molecular complexity index is 1420. The Hall–Kier alpha value is -3.98. The maximum Gasteiger partial charge on any atom is 0.269 e. The van der Waals surface area contributed by atoms with Crippen LogP contribution < -0.4 is 5.32 Å². The number of aryl methyl sites for hydroxylation is 1. The summed E-state index contributed by atoms with van der Waals surface area (Å²) in [5, 5.41) is 2.80. The van der Waals surface area contributed by atoms with Gasteiger partial charge < -0.3 is 10.2 Å². The Balaban J connectivity index is 1.71. The summed E-state index contributed by atoms with van der Waals surface area (Å²) in [6.45, 7) is 3.44. The number of sulfonamides is 1. The number of amides is 3. The lowest BCUT2D eigenvalue weighted by molar-refractivity contribution is -0.141. The summed E-state index contributed by atoms with van der Waals surface area (Å²) in [4.78, 5) is 41.3. The van der Waals surface area contributed by atoms with Gasteiger partial charge in [-0.15, -0.1) is 0 Å². The van der Waals surface area contributed by atoms with Gasteiger partial charge in [0.05, 0.1) is 5.56 Å². The van der Waals surface area contributed by atoms with Gasteiger partial charge in [0.1, 0.15) is 17.5 Å². The number of rotatable bonds is 9. The summed E-state index contributed by atoms with van der Waals surface area (Å²) < 4.78 is 26.8. The molecule has 0 radical (unpaired) electrons. The largest absolute Gasteiger partial charge is 0.355 e. The van der Waals surface area contributed by atoms with Crippen LogP contribution in [0.15, 0.2) is 83.8 Å². The lowest BCUT2D eigenvalue weighted by Gasteiger charge is -2.32. The average molecular weight is 520 g/mol. The van der Waals surface area contributed by atoms with E-state index < -0.39 is 34.4 Å². The molecular weight excluding hydrogens is 490 g/mol. The minimum absolute atomic E-state index is 0.0327. The van der Waals surface area contributed by atoms with Crippen LogP contribution in [-0.4, -0.2) is 54.5 Å². The molecule has 37 heavy (non-hydrogen) atoms. The molecule has 4 rings (SSSR count). The van der Waals surface area contributed by atoms with Gasteiger partial charge in [0.2, 0.25) is 11.8 Å². The van der Waals surface area contributed by atoms with Crippen molar-refractivity contribution >= 4 is 27.7 Å². The number of hydrogen-bond donors (Lipinski definition) is 1. The van der Waals surface area contributed by atoms with Crippen molar-refractivity contribution < 1.29 is 22.8 Å². The molecule has 0 aromatic heterocycles. The molecule has 9 heteroatoms. The van der Waals surface area contributed by atoms with E-state index in [2.05, 4.69) is 5.32 Å². The summed E-state index contributed by atoms with van der Waals surface area (Å²) in [7, 11) is -4.18. The molecule has 1 aliphatic heterocycles. The molecule has 0 aliphatic carbocycles. The number of likely N-dealkylation sites (N-methyl/N-ethyl adjacent to an activating group) is 1. The summed E-state index contributed by atoms with van der Waals surface area (Å²) in [5.74, 6) is -1.75. The number of nitrogens with zero attached hydrogens (tertiary/aromatic N) is 2. The van der Waals surface area contributed by atoms with Gasteiger partial charge in [-0.1, -0.05) is 66.7 Å². The van der Waals surface area contributed by atoms with Gasteiger partial charge in [0.25, 0.3) is 15.9 Å². The highest BCUT2D eigenvalue weighted by molar-refractivity contribution is 7.90. The Morgan fingerprint density at radius 3 is 2.27 bits per heavy atom. The van der Waals surface area contributed by atoms with E-state index in [-0.39, 0.29) is 29.3 Å². The average Bonchev–Trinajstić information content (AvgIpc) is 3.08. The van der Waals surface area contributed by atoms with Gasteiger partial charge in [-0.3, -0.25) is 14.4 Å². The van der Waals surface area contributed by atoms with Crippen LogP contribution in [0, 0.1) is 6.92 Å². The van der Waals surface area contributed by atoms with Crippen LogP contribution in [0.1, 0.15) is 34.0 Å². The molecule has 0 saturated heterocycles. The van der Waals surface area contributed by atoms with Crippen LogP contribution in [0.4, 0.5) is 0 Å². The second-order valence-corrected chi connectivity index (χ2v) is 10.7. The molecule has 1 aliphatic rings. The van der Waals surface area contributed by atoms with Crippen LogP contribution in [-0.2, 0) is 32.6 Å². The monoisotopic (exact) mass is 519 g/mol. The third-order valence-corrected chi connectivity index (χ3v) is 8.20. The second-order valence-electron chi connectivity index (χ2n) is 8.86. The maximum atomic E-state index is 13.8. The van der Waals surface area contributed by atoms with E-state index in [9.17, 15) is 22.8 Å². The third-order valence-electron chi connectivity index (χ3n) is 6.41. The fourth-order valence-electron chi connectivity index (χ4n) is 4.42. The molecule has 0 fully saturated rings. The van der Waals surface area contributed by atoms with Crippen molar-refractivity contribution in [3.63, 3.8) is 0 Å². The van der Waals surface area contributed by atoms with E-state index in [1.54, 1.807) is 13.0 Å². The highest BCUT2D eigenvalue weighted by Gasteiger charge is 2.43. The number of carbonyl (C=O) groups excluding carboxylic acids is 3. The fraction of sp³-hybridized carbons (Fsp3) is 0.250. The first-order chi connectivity index (χ1) is 17.7. The smallest absolute Gasteiger partial charge is 0.269 e. The van der Waals surface area contributed by atoms with Crippen molar-refractivity contribution in [2.45, 2.75) is 37.8 Å². The van der Waals surface area contributed by atoms with Gasteiger partial charge in [0, 0.05) is 19.5 Å². The number of benzene rings is 3. The summed E-state index contributed by atoms with van der Waals surface area (Å²) >= 11 is 0. The molecule has 1 N–H and O–H groups in total. The number of fused-ring (bicyclic) bond motifs is 1. The molecule has 3 aromatic rings. The van der Waals surface area contributed by atoms with Gasteiger partial charge >= 0.3 is 0 Å². The van der Waals surface area contributed by atoms with E-state index in [4.69, 9.17) is 0 Å². The normalized spacial score (nSPS) is 14.6. The lowest BCUT2D eigenvalue weighted by atomic mass is 10.0. The van der Waals surface area contributed by atoms with Gasteiger partial charge in [0.15, 0.2) is 0 Å². The number of nitrogens with one attached hydrogen (secondary N) is 1. The predicted octanol–water partition coefficient (Wildman–Crippen LogP) is 2.92. The molecular formula is C28H29N3O5S. The first-order valence-electron chi connectivity index (χ1n) is 12.1. The fourth-order valence-corrected chi connectivity index (χ4v) is 5.94. The van der Waals surface area contributed by atoms with E-state index in [0.717, 1.165) is 16.7 Å². The number of hydrogen-bond acceptors (Lipinski definition) is 5. The molecule has 3 aromatic carbocycles. The predicted molar refractivity (Wildman–Crippen MR) is 139 cm³/mol. The van der Waals surface area contributed by atoms with Gasteiger partial charge in [-0.05, 0) is 42.7 Å². The maximum absolute atomic E-state index is 13.8. The van der Waals surface area contributed by atoms with Crippen LogP contribution in [0.2, 0.25) is 0 Å². The highest BCUT2D eigenvalue weighted by atomic mass is 32.2. The van der Waals surface area contributed by atoms with Crippen molar-refractivity contribution in [2.24, 2.45) is 0 Å². The molecule has 0 spiro atoms. The van der Waals surface area contributed by atoms with E-state index in [0.29, 0.717) is 10.8 Å². The zero-order valence-electron chi connectivity index (χ0n) is 20.8. The molecule has 8 nitrogen and oxygen atoms in total. The minimum atomic E-state index is -4.18.